The fraction of sp³-hybridized carbons (Fsp3) is 0.333. The van der Waals surface area contributed by atoms with Crippen LogP contribution in [-0.4, -0.2) is 62.8 Å². The number of carbonyl (C=O) groups is 2. The Morgan fingerprint density at radius 2 is 1.34 bits per heavy atom. The van der Waals surface area contributed by atoms with Gasteiger partial charge in [-0.25, -0.2) is 9.59 Å². The van der Waals surface area contributed by atoms with E-state index < -0.39 is 11.3 Å². The molecule has 2 amide bonds. The normalized spacial score (nSPS) is 12.5. The number of halogens is 2. The molecule has 0 unspecified atom stereocenters. The minimum absolute atomic E-state index is 0.116. The average molecular weight is 648 g/mol. The third kappa shape index (κ3) is 9.98. The third-order valence-electron chi connectivity index (χ3n) is 6.15. The molecule has 1 aliphatic rings. The Kier molecular flexibility index (Phi) is 13.5. The van der Waals surface area contributed by atoms with Gasteiger partial charge in [-0.2, -0.15) is 0 Å². The highest BCUT2D eigenvalue weighted by molar-refractivity contribution is 6.18. The number of para-hydroxylation sites is 2. The van der Waals surface area contributed by atoms with E-state index in [4.69, 9.17) is 37.8 Å². The highest BCUT2D eigenvalue weighted by Crippen LogP contribution is 2.27. The van der Waals surface area contributed by atoms with E-state index in [0.29, 0.717) is 34.0 Å². The lowest BCUT2D eigenvalue weighted by atomic mass is 10.1. The summed E-state index contributed by atoms with van der Waals surface area (Å²) in [6.45, 7) is 7.95. The summed E-state index contributed by atoms with van der Waals surface area (Å²) in [6.07, 6.45) is 0. The Morgan fingerprint density at radius 1 is 0.841 bits per heavy atom. The molecule has 1 fully saturated rings. The van der Waals surface area contributed by atoms with Crippen molar-refractivity contribution in [2.75, 3.05) is 72.3 Å². The number of nitrogen functional groups attached to an aromatic ring is 1. The number of alkyl halides is 2. The molecule has 4 aromatic rings. The topological polar surface area (TPSA) is 172 Å². The van der Waals surface area contributed by atoms with E-state index in [2.05, 4.69) is 26.2 Å². The fourth-order valence-electron chi connectivity index (χ4n) is 4.26. The van der Waals surface area contributed by atoms with Crippen molar-refractivity contribution in [3.05, 3.63) is 69.4 Å². The van der Waals surface area contributed by atoms with Gasteiger partial charge >= 0.3 is 11.3 Å². The van der Waals surface area contributed by atoms with Crippen molar-refractivity contribution in [3.8, 4) is 0 Å². The number of nitrogens with one attached hydrogen (secondary N) is 4. The fourth-order valence-corrected chi connectivity index (χ4v) is 4.53. The minimum Gasteiger partial charge on any atom is -0.419 e. The lowest BCUT2D eigenvalue weighted by Gasteiger charge is -2.29. The van der Waals surface area contributed by atoms with Crippen LogP contribution in [0.25, 0.3) is 21.9 Å². The first-order valence-electron chi connectivity index (χ1n) is 13.9. The third-order valence-corrected chi connectivity index (χ3v) is 6.53. The van der Waals surface area contributed by atoms with Crippen molar-refractivity contribution >= 4 is 79.7 Å². The van der Waals surface area contributed by atoms with Gasteiger partial charge in [0.1, 0.15) is 11.4 Å². The van der Waals surface area contributed by atoms with Crippen LogP contribution in [0.15, 0.2) is 67.0 Å². The van der Waals surface area contributed by atoms with Crippen LogP contribution in [0.3, 0.4) is 0 Å². The van der Waals surface area contributed by atoms with Crippen molar-refractivity contribution in [3.63, 3.8) is 0 Å². The van der Waals surface area contributed by atoms with Crippen molar-refractivity contribution < 1.29 is 18.4 Å². The lowest BCUT2D eigenvalue weighted by Crippen LogP contribution is -2.43. The first kappa shape index (κ1) is 34.4. The second-order valence-corrected chi connectivity index (χ2v) is 10.3. The summed E-state index contributed by atoms with van der Waals surface area (Å²) in [6, 6.07) is 14.1. The van der Waals surface area contributed by atoms with Gasteiger partial charge in [0.25, 0.3) is 0 Å². The Balaban J connectivity index is 0.000000203. The second-order valence-electron chi connectivity index (χ2n) is 9.58. The van der Waals surface area contributed by atoms with Crippen LogP contribution < -0.4 is 43.2 Å². The van der Waals surface area contributed by atoms with Gasteiger partial charge in [0.2, 0.25) is 11.8 Å². The maximum atomic E-state index is 12.0. The Hall–Kier alpha value is -4.10. The van der Waals surface area contributed by atoms with Crippen LogP contribution in [0, 0.1) is 0 Å². The maximum absolute atomic E-state index is 12.0. The van der Waals surface area contributed by atoms with E-state index in [1.54, 1.807) is 30.3 Å². The average Bonchev–Trinajstić information content (AvgIpc) is 2.99. The van der Waals surface area contributed by atoms with Gasteiger partial charge in [-0.3, -0.25) is 9.59 Å². The summed E-state index contributed by atoms with van der Waals surface area (Å²) in [7, 11) is 0. The first-order valence-corrected chi connectivity index (χ1v) is 14.9. The van der Waals surface area contributed by atoms with Crippen LogP contribution >= 0.6 is 23.2 Å². The molecule has 5 rings (SSSR count). The molecule has 1 aliphatic heterocycles. The predicted octanol–water partition coefficient (Wildman–Crippen LogP) is 3.55. The van der Waals surface area contributed by atoms with Gasteiger partial charge in [0.15, 0.2) is 11.2 Å². The van der Waals surface area contributed by atoms with Gasteiger partial charge in [-0.1, -0.05) is 24.3 Å². The number of hydrogen-bond donors (Lipinski definition) is 5. The summed E-state index contributed by atoms with van der Waals surface area (Å²) in [4.78, 5) is 47.6. The number of benzene rings is 2. The number of rotatable bonds is 7. The van der Waals surface area contributed by atoms with Crippen LogP contribution in [0.4, 0.5) is 22.7 Å². The molecular weight excluding hydrogens is 611 g/mol. The van der Waals surface area contributed by atoms with Crippen LogP contribution in [0.1, 0.15) is 13.8 Å². The molecule has 6 N–H and O–H groups in total. The van der Waals surface area contributed by atoms with Crippen LogP contribution in [-0.2, 0) is 9.59 Å². The van der Waals surface area contributed by atoms with Gasteiger partial charge in [-0.05, 0) is 24.3 Å². The highest BCUT2D eigenvalue weighted by Gasteiger charge is 2.16. The largest absolute Gasteiger partial charge is 0.419 e. The number of nitrogens with two attached hydrogens (primary N) is 1. The number of anilines is 4. The number of amides is 2. The van der Waals surface area contributed by atoms with Crippen LogP contribution in [0.5, 0.6) is 0 Å². The molecule has 0 radical (unpaired) electrons. The molecule has 2 aromatic heterocycles. The Bertz CT molecular complexity index is 1680. The predicted molar refractivity (Wildman–Crippen MR) is 177 cm³/mol. The molecule has 12 nitrogen and oxygen atoms in total. The zero-order valence-electron chi connectivity index (χ0n) is 24.5. The lowest BCUT2D eigenvalue weighted by molar-refractivity contribution is -0.115. The van der Waals surface area contributed by atoms with Crippen molar-refractivity contribution in [2.45, 2.75) is 13.8 Å². The monoisotopic (exact) mass is 646 g/mol. The number of nitrogens with zero attached hydrogens (tertiary/aromatic N) is 1. The maximum Gasteiger partial charge on any atom is 0.360 e. The number of carbonyl (C=O) groups excluding carboxylic acids is 2. The van der Waals surface area contributed by atoms with E-state index in [1.165, 1.54) is 13.8 Å². The molecule has 0 saturated carbocycles. The summed E-state index contributed by atoms with van der Waals surface area (Å²) < 4.78 is 10.5. The molecule has 3 heterocycles. The molecule has 0 aliphatic carbocycles. The quantitative estimate of drug-likeness (QED) is 0.0865. The molecule has 1 saturated heterocycles. The summed E-state index contributed by atoms with van der Waals surface area (Å²) in [5.74, 6) is 0.712. The molecule has 0 atom stereocenters. The summed E-state index contributed by atoms with van der Waals surface area (Å²) in [5.41, 5.74) is 7.02. The molecule has 14 heteroatoms. The van der Waals surface area contributed by atoms with Gasteiger partial charge in [0, 0.05) is 75.6 Å². The molecule has 0 spiro atoms. The molecule has 236 valence electrons. The van der Waals surface area contributed by atoms with Crippen LogP contribution in [0.2, 0.25) is 0 Å². The SMILES string of the molecule is CC(=O)Nc1cc2cccc(N)c2oc1=O.CC(=O)Nc1cc2cccc(N3CCNCC3)c2oc1=O.ClCCNCCCl. The van der Waals surface area contributed by atoms with Gasteiger partial charge < -0.3 is 40.7 Å². The highest BCUT2D eigenvalue weighted by atomic mass is 35.5. The zero-order chi connectivity index (χ0) is 32.1. The molecule has 44 heavy (non-hydrogen) atoms. The number of fused-ring (bicyclic) bond motifs is 2. The number of hydrogen-bond acceptors (Lipinski definition) is 10. The smallest absolute Gasteiger partial charge is 0.360 e. The molecular formula is C30H36Cl2N6O6. The molecule has 0 bridgehead atoms. The van der Waals surface area contributed by atoms with Crippen molar-refractivity contribution in [1.29, 1.82) is 0 Å². The van der Waals surface area contributed by atoms with E-state index in [1.807, 2.05) is 18.2 Å². The number of piperazine rings is 1. The summed E-state index contributed by atoms with van der Waals surface area (Å²) in [5, 5.41) is 12.7. The minimum atomic E-state index is -0.611. The Morgan fingerprint density at radius 3 is 1.86 bits per heavy atom. The molecule has 2 aromatic carbocycles. The van der Waals surface area contributed by atoms with E-state index >= 15 is 0 Å². The van der Waals surface area contributed by atoms with E-state index in [9.17, 15) is 19.2 Å². The van der Waals surface area contributed by atoms with Crippen molar-refractivity contribution in [2.24, 2.45) is 0 Å². The zero-order valence-corrected chi connectivity index (χ0v) is 26.0. The standard InChI is InChI=1S/C15H17N3O3.C11H10N2O3.C4H9Cl2N/c1-10(19)17-12-9-11-3-2-4-13(14(11)21-15(12)20)18-7-5-16-6-8-18;1-6(14)13-9-5-7-3-2-4-8(12)10(7)16-11(9)15;5-1-3-7-4-2-6/h2-4,9,16H,5-8H2,1H3,(H,17,19);2-5H,12H2,1H3,(H,13,14);7H,1-4H2. The van der Waals surface area contributed by atoms with E-state index in [-0.39, 0.29) is 23.2 Å². The van der Waals surface area contributed by atoms with Gasteiger partial charge in [-0.15, -0.1) is 23.2 Å². The second kappa shape index (κ2) is 17.3. The Labute approximate surface area is 263 Å². The van der Waals surface area contributed by atoms with Crippen molar-refractivity contribution in [1.82, 2.24) is 10.6 Å². The van der Waals surface area contributed by atoms with E-state index in [0.717, 1.165) is 50.3 Å². The summed E-state index contributed by atoms with van der Waals surface area (Å²) >= 11 is 10.7. The first-order chi connectivity index (χ1) is 21.1. The van der Waals surface area contributed by atoms with Gasteiger partial charge in [0.05, 0.1) is 11.4 Å².